The summed E-state index contributed by atoms with van der Waals surface area (Å²) in [6.07, 6.45) is 11.8. The maximum absolute atomic E-state index is 10.8. The van der Waals surface area contributed by atoms with Crippen LogP contribution in [-0.2, 0) is 9.59 Å². The highest BCUT2D eigenvalue weighted by Crippen LogP contribution is 2.03. The first-order chi connectivity index (χ1) is 10.7. The van der Waals surface area contributed by atoms with Gasteiger partial charge < -0.3 is 9.80 Å². The number of carbonyl (C=O) groups excluding carboxylic acids is 2. The van der Waals surface area contributed by atoms with Crippen LogP contribution in [0.15, 0.2) is 0 Å². The van der Waals surface area contributed by atoms with E-state index in [-0.39, 0.29) is 0 Å². The summed E-state index contributed by atoms with van der Waals surface area (Å²) in [6.45, 7) is 11.9. The van der Waals surface area contributed by atoms with Gasteiger partial charge >= 0.3 is 0 Å². The van der Waals surface area contributed by atoms with Gasteiger partial charge in [-0.3, -0.25) is 9.59 Å². The van der Waals surface area contributed by atoms with Crippen LogP contribution >= 0.6 is 0 Å². The molecule has 0 saturated heterocycles. The standard InChI is InChI=1S/C13H27NO.C5H11NO/c1-3-5-7-9-11-14(13-15)12-10-8-6-4-2;1-3-6(4-2)5-7/h13H,3-12H2,1-2H3;5H,3-4H2,1-2H3. The SMILES string of the molecule is CCCCCCN(C=O)CCCCCC.CCN(C=O)CC. The number of hydrogen-bond donors (Lipinski definition) is 0. The molecular weight excluding hydrogens is 276 g/mol. The molecule has 4 nitrogen and oxygen atoms in total. The molecule has 0 bridgehead atoms. The van der Waals surface area contributed by atoms with Crippen molar-refractivity contribution in [2.24, 2.45) is 0 Å². The third-order valence-corrected chi connectivity index (χ3v) is 3.71. The summed E-state index contributed by atoms with van der Waals surface area (Å²) >= 11 is 0. The number of carbonyl (C=O) groups is 2. The van der Waals surface area contributed by atoms with Crippen LogP contribution in [0.25, 0.3) is 0 Å². The maximum atomic E-state index is 10.8. The van der Waals surface area contributed by atoms with Gasteiger partial charge in [0.15, 0.2) is 0 Å². The fourth-order valence-electron chi connectivity index (χ4n) is 2.07. The lowest BCUT2D eigenvalue weighted by Gasteiger charge is -2.16. The first-order valence-corrected chi connectivity index (χ1v) is 9.08. The van der Waals surface area contributed by atoms with Crippen molar-refractivity contribution in [1.29, 1.82) is 0 Å². The lowest BCUT2D eigenvalue weighted by Crippen LogP contribution is -2.24. The minimum Gasteiger partial charge on any atom is -0.346 e. The predicted molar refractivity (Wildman–Crippen MR) is 94.9 cm³/mol. The summed E-state index contributed by atoms with van der Waals surface area (Å²) in [7, 11) is 0. The van der Waals surface area contributed by atoms with Crippen LogP contribution in [0.1, 0.15) is 79.1 Å². The second-order valence-electron chi connectivity index (χ2n) is 5.59. The van der Waals surface area contributed by atoms with Crippen molar-refractivity contribution in [3.63, 3.8) is 0 Å². The monoisotopic (exact) mass is 314 g/mol. The van der Waals surface area contributed by atoms with Crippen molar-refractivity contribution in [2.45, 2.75) is 79.1 Å². The van der Waals surface area contributed by atoms with E-state index < -0.39 is 0 Å². The minimum atomic E-state index is 0.819. The normalized spacial score (nSPS) is 9.64. The second kappa shape index (κ2) is 19.9. The highest BCUT2D eigenvalue weighted by atomic mass is 16.1. The van der Waals surface area contributed by atoms with E-state index in [1.54, 1.807) is 4.90 Å². The zero-order valence-electron chi connectivity index (χ0n) is 15.4. The lowest BCUT2D eigenvalue weighted by molar-refractivity contribution is -0.118. The molecule has 0 spiro atoms. The Hall–Kier alpha value is -1.06. The highest BCUT2D eigenvalue weighted by Gasteiger charge is 2.00. The Balaban J connectivity index is 0. The van der Waals surface area contributed by atoms with Crippen LogP contribution in [0.2, 0.25) is 0 Å². The Kier molecular flexibility index (Phi) is 21.0. The van der Waals surface area contributed by atoms with Gasteiger partial charge in [0.1, 0.15) is 0 Å². The van der Waals surface area contributed by atoms with Gasteiger partial charge in [-0.1, -0.05) is 52.4 Å². The molecule has 0 aliphatic carbocycles. The van der Waals surface area contributed by atoms with E-state index in [1.807, 2.05) is 18.7 Å². The van der Waals surface area contributed by atoms with Crippen molar-refractivity contribution in [3.05, 3.63) is 0 Å². The summed E-state index contributed by atoms with van der Waals surface area (Å²) < 4.78 is 0. The third kappa shape index (κ3) is 17.0. The van der Waals surface area contributed by atoms with Crippen LogP contribution in [0.5, 0.6) is 0 Å². The quantitative estimate of drug-likeness (QED) is 0.358. The zero-order chi connectivity index (χ0) is 17.1. The smallest absolute Gasteiger partial charge is 0.209 e. The molecule has 0 radical (unpaired) electrons. The molecule has 2 amide bonds. The molecule has 22 heavy (non-hydrogen) atoms. The van der Waals surface area contributed by atoms with E-state index in [0.717, 1.165) is 39.0 Å². The third-order valence-electron chi connectivity index (χ3n) is 3.71. The van der Waals surface area contributed by atoms with E-state index in [9.17, 15) is 9.59 Å². The predicted octanol–water partition coefficient (Wildman–Crippen LogP) is 4.09. The maximum Gasteiger partial charge on any atom is 0.209 e. The van der Waals surface area contributed by atoms with Crippen molar-refractivity contribution in [2.75, 3.05) is 26.2 Å². The lowest BCUT2D eigenvalue weighted by atomic mass is 10.2. The molecule has 0 rings (SSSR count). The average molecular weight is 315 g/mol. The Bertz CT molecular complexity index is 219. The van der Waals surface area contributed by atoms with Gasteiger partial charge in [-0.2, -0.15) is 0 Å². The first kappa shape index (κ1) is 23.2. The topological polar surface area (TPSA) is 40.6 Å². The fraction of sp³-hybridized carbons (Fsp3) is 0.889. The van der Waals surface area contributed by atoms with Crippen molar-refractivity contribution in [3.8, 4) is 0 Å². The molecule has 0 aromatic carbocycles. The molecule has 0 aromatic rings. The first-order valence-electron chi connectivity index (χ1n) is 9.08. The number of rotatable bonds is 14. The Morgan fingerprint density at radius 1 is 0.591 bits per heavy atom. The van der Waals surface area contributed by atoms with Gasteiger partial charge in [-0.25, -0.2) is 0 Å². The van der Waals surface area contributed by atoms with Gasteiger partial charge in [-0.05, 0) is 26.7 Å². The number of amides is 2. The molecule has 132 valence electrons. The molecular formula is C18H38N2O2. The Morgan fingerprint density at radius 3 is 1.23 bits per heavy atom. The second-order valence-corrected chi connectivity index (χ2v) is 5.59. The molecule has 0 N–H and O–H groups in total. The summed E-state index contributed by atoms with van der Waals surface area (Å²) in [5, 5.41) is 0. The summed E-state index contributed by atoms with van der Waals surface area (Å²) in [5.74, 6) is 0. The van der Waals surface area contributed by atoms with E-state index in [0.29, 0.717) is 0 Å². The van der Waals surface area contributed by atoms with Gasteiger partial charge in [-0.15, -0.1) is 0 Å². The summed E-state index contributed by atoms with van der Waals surface area (Å²) in [4.78, 5) is 24.3. The minimum absolute atomic E-state index is 0.819. The molecule has 0 aromatic heterocycles. The molecule has 0 saturated carbocycles. The zero-order valence-corrected chi connectivity index (χ0v) is 15.4. The van der Waals surface area contributed by atoms with Crippen molar-refractivity contribution >= 4 is 12.8 Å². The van der Waals surface area contributed by atoms with Gasteiger partial charge in [0.2, 0.25) is 12.8 Å². The van der Waals surface area contributed by atoms with Gasteiger partial charge in [0.25, 0.3) is 0 Å². The number of hydrogen-bond acceptors (Lipinski definition) is 2. The fourth-order valence-corrected chi connectivity index (χ4v) is 2.07. The van der Waals surface area contributed by atoms with E-state index in [2.05, 4.69) is 13.8 Å². The van der Waals surface area contributed by atoms with Gasteiger partial charge in [0.05, 0.1) is 0 Å². The van der Waals surface area contributed by atoms with Crippen LogP contribution in [0, 0.1) is 0 Å². The Morgan fingerprint density at radius 2 is 1.00 bits per heavy atom. The van der Waals surface area contributed by atoms with Crippen LogP contribution in [0.3, 0.4) is 0 Å². The average Bonchev–Trinajstić information content (AvgIpc) is 2.55. The molecule has 0 heterocycles. The van der Waals surface area contributed by atoms with E-state index in [4.69, 9.17) is 0 Å². The molecule has 0 aliphatic rings. The Labute approximate surface area is 138 Å². The van der Waals surface area contributed by atoms with Crippen LogP contribution in [0.4, 0.5) is 0 Å². The molecule has 0 atom stereocenters. The van der Waals surface area contributed by atoms with Crippen LogP contribution in [-0.4, -0.2) is 48.8 Å². The van der Waals surface area contributed by atoms with E-state index >= 15 is 0 Å². The molecule has 4 heteroatoms. The van der Waals surface area contributed by atoms with Crippen molar-refractivity contribution < 1.29 is 9.59 Å². The number of nitrogens with zero attached hydrogens (tertiary/aromatic N) is 2. The summed E-state index contributed by atoms with van der Waals surface area (Å²) in [5.41, 5.74) is 0. The number of unbranched alkanes of at least 4 members (excludes halogenated alkanes) is 6. The largest absolute Gasteiger partial charge is 0.346 e. The van der Waals surface area contributed by atoms with Crippen molar-refractivity contribution in [1.82, 2.24) is 9.80 Å². The summed E-state index contributed by atoms with van der Waals surface area (Å²) in [6, 6.07) is 0. The molecule has 0 aliphatic heterocycles. The highest BCUT2D eigenvalue weighted by molar-refractivity contribution is 5.46. The van der Waals surface area contributed by atoms with Gasteiger partial charge in [0, 0.05) is 26.2 Å². The van der Waals surface area contributed by atoms with Crippen LogP contribution < -0.4 is 0 Å². The molecule has 0 fully saturated rings. The van der Waals surface area contributed by atoms with E-state index in [1.165, 1.54) is 51.4 Å². The molecule has 0 unspecified atom stereocenters.